The minimum Gasteiger partial charge on any atom is -0.313 e. The van der Waals surface area contributed by atoms with Crippen LogP contribution in [-0.4, -0.2) is 6.16 Å². The Morgan fingerprint density at radius 2 is 1.40 bits per heavy atom. The molecule has 20 heavy (non-hydrogen) atoms. The van der Waals surface area contributed by atoms with Crippen LogP contribution in [-0.2, 0) is 4.57 Å². The van der Waals surface area contributed by atoms with Crippen molar-refractivity contribution in [2.24, 2.45) is 0 Å². The van der Waals surface area contributed by atoms with Crippen LogP contribution in [0.1, 0.15) is 20.3 Å². The summed E-state index contributed by atoms with van der Waals surface area (Å²) in [5, 5.41) is 1.88. The van der Waals surface area contributed by atoms with Gasteiger partial charge in [0.25, 0.3) is 0 Å². The first kappa shape index (κ1) is 14.8. The number of rotatable bonds is 5. The number of benzene rings is 2. The molecule has 0 unspecified atom stereocenters. The molecular formula is C18H21OP. The van der Waals surface area contributed by atoms with Crippen molar-refractivity contribution in [1.82, 2.24) is 0 Å². The highest BCUT2D eigenvalue weighted by atomic mass is 31.2. The van der Waals surface area contributed by atoms with Crippen LogP contribution in [0.3, 0.4) is 0 Å². The SMILES string of the molecule is CC/C=C(\C)CP(=O)(c1ccccc1)c1ccccc1. The molecule has 0 spiro atoms. The molecule has 0 N–H and O–H groups in total. The summed E-state index contributed by atoms with van der Waals surface area (Å²) in [5.41, 5.74) is 1.20. The molecule has 2 rings (SSSR count). The van der Waals surface area contributed by atoms with Crippen LogP contribution >= 0.6 is 7.14 Å². The minimum absolute atomic E-state index is 0.620. The van der Waals surface area contributed by atoms with Crippen molar-refractivity contribution in [3.05, 3.63) is 72.3 Å². The molecule has 0 saturated carbocycles. The van der Waals surface area contributed by atoms with Crippen molar-refractivity contribution in [1.29, 1.82) is 0 Å². The van der Waals surface area contributed by atoms with Gasteiger partial charge in [-0.1, -0.05) is 79.2 Å². The van der Waals surface area contributed by atoms with Crippen molar-refractivity contribution < 1.29 is 4.57 Å². The van der Waals surface area contributed by atoms with Crippen LogP contribution in [0.4, 0.5) is 0 Å². The molecule has 0 aliphatic carbocycles. The lowest BCUT2D eigenvalue weighted by Gasteiger charge is -2.19. The summed E-state index contributed by atoms with van der Waals surface area (Å²) in [6.45, 7) is 4.18. The Hall–Kier alpha value is -1.59. The van der Waals surface area contributed by atoms with Crippen molar-refractivity contribution in [3.8, 4) is 0 Å². The zero-order valence-electron chi connectivity index (χ0n) is 12.1. The molecule has 2 aromatic carbocycles. The van der Waals surface area contributed by atoms with E-state index < -0.39 is 7.14 Å². The van der Waals surface area contributed by atoms with Crippen molar-refractivity contribution >= 4 is 17.8 Å². The van der Waals surface area contributed by atoms with Gasteiger partial charge in [0, 0.05) is 16.8 Å². The Kier molecular flexibility index (Phi) is 4.98. The fraction of sp³-hybridized carbons (Fsp3) is 0.222. The van der Waals surface area contributed by atoms with Crippen LogP contribution in [0.5, 0.6) is 0 Å². The summed E-state index contributed by atoms with van der Waals surface area (Å²) < 4.78 is 13.7. The van der Waals surface area contributed by atoms with Crippen LogP contribution in [0.2, 0.25) is 0 Å². The Balaban J connectivity index is 2.50. The van der Waals surface area contributed by atoms with E-state index in [-0.39, 0.29) is 0 Å². The van der Waals surface area contributed by atoms with Crippen LogP contribution in [0.25, 0.3) is 0 Å². The fourth-order valence-corrected chi connectivity index (χ4v) is 5.24. The van der Waals surface area contributed by atoms with Gasteiger partial charge in [-0.05, 0) is 13.3 Å². The monoisotopic (exact) mass is 284 g/mol. The number of hydrogen-bond acceptors (Lipinski definition) is 1. The second-order valence-corrected chi connectivity index (χ2v) is 7.86. The summed E-state index contributed by atoms with van der Waals surface area (Å²) in [4.78, 5) is 0. The Morgan fingerprint density at radius 3 is 1.80 bits per heavy atom. The minimum atomic E-state index is -2.58. The van der Waals surface area contributed by atoms with E-state index >= 15 is 0 Å². The maximum Gasteiger partial charge on any atom is 0.147 e. The predicted octanol–water partition coefficient (Wildman–Crippen LogP) is 4.36. The third-order valence-electron chi connectivity index (χ3n) is 3.37. The second-order valence-electron chi connectivity index (χ2n) is 5.03. The standard InChI is InChI=1S/C18H21OP/c1-3-10-16(2)15-20(19,17-11-6-4-7-12-17)18-13-8-5-9-14-18/h4-14H,3,15H2,1-2H3/b16-10+. The van der Waals surface area contributed by atoms with E-state index in [1.807, 2.05) is 60.7 Å². The maximum absolute atomic E-state index is 13.7. The molecule has 0 aliphatic rings. The molecule has 0 aromatic heterocycles. The van der Waals surface area contributed by atoms with Crippen molar-refractivity contribution in [2.45, 2.75) is 20.3 Å². The Bertz CT molecular complexity index is 571. The third kappa shape index (κ3) is 3.29. The lowest BCUT2D eigenvalue weighted by molar-refractivity contribution is 0.588. The average Bonchev–Trinajstić information content (AvgIpc) is 2.49. The summed E-state index contributed by atoms with van der Waals surface area (Å²) in [5.74, 6) is 0. The molecule has 2 aromatic rings. The van der Waals surface area contributed by atoms with E-state index in [1.54, 1.807) is 0 Å². The van der Waals surface area contributed by atoms with Gasteiger partial charge < -0.3 is 4.57 Å². The molecule has 104 valence electrons. The Labute approximate surface area is 121 Å². The van der Waals surface area contributed by atoms with E-state index in [0.717, 1.165) is 17.0 Å². The third-order valence-corrected chi connectivity index (χ3v) is 6.58. The maximum atomic E-state index is 13.7. The summed E-state index contributed by atoms with van der Waals surface area (Å²) in [7, 11) is -2.58. The van der Waals surface area contributed by atoms with Crippen LogP contribution < -0.4 is 10.6 Å². The quantitative estimate of drug-likeness (QED) is 0.589. The highest BCUT2D eigenvalue weighted by molar-refractivity contribution is 7.78. The molecule has 0 atom stereocenters. The van der Waals surface area contributed by atoms with E-state index in [4.69, 9.17) is 0 Å². The Morgan fingerprint density at radius 1 is 0.950 bits per heavy atom. The van der Waals surface area contributed by atoms with Crippen molar-refractivity contribution in [2.75, 3.05) is 6.16 Å². The zero-order chi connectivity index (χ0) is 14.4. The molecule has 0 aliphatic heterocycles. The largest absolute Gasteiger partial charge is 0.313 e. The normalized spacial score (nSPS) is 12.4. The predicted molar refractivity (Wildman–Crippen MR) is 88.7 cm³/mol. The molecule has 0 radical (unpaired) electrons. The summed E-state index contributed by atoms with van der Waals surface area (Å²) in [6.07, 6.45) is 3.77. The molecule has 0 heterocycles. The topological polar surface area (TPSA) is 17.1 Å². The van der Waals surface area contributed by atoms with E-state index in [0.29, 0.717) is 6.16 Å². The molecular weight excluding hydrogens is 263 g/mol. The second kappa shape index (κ2) is 6.72. The van der Waals surface area contributed by atoms with Gasteiger partial charge in [-0.25, -0.2) is 0 Å². The first-order chi connectivity index (χ1) is 9.66. The van der Waals surface area contributed by atoms with Gasteiger partial charge in [0.15, 0.2) is 0 Å². The first-order valence-corrected chi connectivity index (χ1v) is 8.92. The highest BCUT2D eigenvalue weighted by Crippen LogP contribution is 2.44. The van der Waals surface area contributed by atoms with Gasteiger partial charge in [-0.15, -0.1) is 0 Å². The first-order valence-electron chi connectivity index (χ1n) is 7.02. The van der Waals surface area contributed by atoms with Gasteiger partial charge in [-0.3, -0.25) is 0 Å². The average molecular weight is 284 g/mol. The van der Waals surface area contributed by atoms with Gasteiger partial charge in [0.2, 0.25) is 0 Å². The molecule has 0 saturated heterocycles. The molecule has 1 nitrogen and oxygen atoms in total. The van der Waals surface area contributed by atoms with Crippen molar-refractivity contribution in [3.63, 3.8) is 0 Å². The molecule has 0 bridgehead atoms. The van der Waals surface area contributed by atoms with E-state index in [9.17, 15) is 4.57 Å². The lowest BCUT2D eigenvalue weighted by Crippen LogP contribution is -2.18. The van der Waals surface area contributed by atoms with E-state index in [2.05, 4.69) is 19.9 Å². The van der Waals surface area contributed by atoms with Crippen LogP contribution in [0, 0.1) is 0 Å². The lowest BCUT2D eigenvalue weighted by atomic mass is 10.3. The van der Waals surface area contributed by atoms with Gasteiger partial charge >= 0.3 is 0 Å². The highest BCUT2D eigenvalue weighted by Gasteiger charge is 2.26. The summed E-state index contributed by atoms with van der Waals surface area (Å²) in [6, 6.07) is 19.7. The fourth-order valence-electron chi connectivity index (χ4n) is 2.43. The van der Waals surface area contributed by atoms with Crippen LogP contribution in [0.15, 0.2) is 72.3 Å². The van der Waals surface area contributed by atoms with Gasteiger partial charge in [0.05, 0.1) is 0 Å². The zero-order valence-corrected chi connectivity index (χ0v) is 13.0. The smallest absolute Gasteiger partial charge is 0.147 e. The summed E-state index contributed by atoms with van der Waals surface area (Å²) >= 11 is 0. The van der Waals surface area contributed by atoms with Gasteiger partial charge in [-0.2, -0.15) is 0 Å². The van der Waals surface area contributed by atoms with E-state index in [1.165, 1.54) is 5.57 Å². The molecule has 0 amide bonds. The number of hydrogen-bond donors (Lipinski definition) is 0. The van der Waals surface area contributed by atoms with Gasteiger partial charge in [0.1, 0.15) is 7.14 Å². The number of allylic oxidation sites excluding steroid dienone is 2. The molecule has 0 fully saturated rings. The molecule has 2 heteroatoms.